The Hall–Kier alpha value is -1.98. The first-order valence-corrected chi connectivity index (χ1v) is 4.02. The highest BCUT2D eigenvalue weighted by Gasteiger charge is 2.12. The zero-order valence-corrected chi connectivity index (χ0v) is 7.72. The molecular weight excluding hydrogens is 184 g/mol. The normalized spacial score (nSPS) is 10.7. The summed E-state index contributed by atoms with van der Waals surface area (Å²) in [5, 5.41) is 12.8. The average molecular weight is 192 g/mol. The van der Waals surface area contributed by atoms with Gasteiger partial charge in [-0.05, 0) is 19.9 Å². The topological polar surface area (TPSA) is 80.4 Å². The number of carboxylic acids is 1. The summed E-state index contributed by atoms with van der Waals surface area (Å²) in [6.07, 6.45) is 0. The SMILES string of the molecule is Cc1cc(C(=O)O)n2nc(C)nc2n1. The van der Waals surface area contributed by atoms with Crippen LogP contribution in [-0.2, 0) is 0 Å². The van der Waals surface area contributed by atoms with Gasteiger partial charge in [0, 0.05) is 5.69 Å². The minimum Gasteiger partial charge on any atom is -0.477 e. The Morgan fingerprint density at radius 1 is 1.43 bits per heavy atom. The van der Waals surface area contributed by atoms with Crippen LogP contribution in [0.4, 0.5) is 0 Å². The van der Waals surface area contributed by atoms with Gasteiger partial charge in [-0.2, -0.15) is 9.50 Å². The van der Waals surface area contributed by atoms with Crippen molar-refractivity contribution < 1.29 is 9.90 Å². The maximum atomic E-state index is 10.9. The van der Waals surface area contributed by atoms with Gasteiger partial charge in [-0.25, -0.2) is 9.78 Å². The summed E-state index contributed by atoms with van der Waals surface area (Å²) >= 11 is 0. The standard InChI is InChI=1S/C8H8N4O2/c1-4-3-6(7(13)14)12-8(9-4)10-5(2)11-12/h3H,1-2H3,(H,13,14). The lowest BCUT2D eigenvalue weighted by molar-refractivity contribution is 0.0687. The fourth-order valence-corrected chi connectivity index (χ4v) is 1.24. The summed E-state index contributed by atoms with van der Waals surface area (Å²) < 4.78 is 1.23. The maximum Gasteiger partial charge on any atom is 0.354 e. The molecule has 0 unspecified atom stereocenters. The van der Waals surface area contributed by atoms with Gasteiger partial charge in [0.15, 0.2) is 5.69 Å². The van der Waals surface area contributed by atoms with Crippen molar-refractivity contribution in [3.05, 3.63) is 23.3 Å². The number of aromatic nitrogens is 4. The Bertz CT molecular complexity index is 517. The van der Waals surface area contributed by atoms with E-state index >= 15 is 0 Å². The summed E-state index contributed by atoms with van der Waals surface area (Å²) in [7, 11) is 0. The number of carbonyl (C=O) groups is 1. The van der Waals surface area contributed by atoms with E-state index in [9.17, 15) is 4.79 Å². The van der Waals surface area contributed by atoms with Crippen LogP contribution in [0.1, 0.15) is 22.0 Å². The van der Waals surface area contributed by atoms with Gasteiger partial charge in [0.05, 0.1) is 0 Å². The zero-order valence-electron chi connectivity index (χ0n) is 7.72. The van der Waals surface area contributed by atoms with Crippen molar-refractivity contribution in [2.45, 2.75) is 13.8 Å². The predicted octanol–water partition coefficient (Wildman–Crippen LogP) is 0.439. The van der Waals surface area contributed by atoms with E-state index < -0.39 is 5.97 Å². The molecule has 2 aromatic rings. The van der Waals surface area contributed by atoms with Gasteiger partial charge in [0.25, 0.3) is 5.78 Å². The van der Waals surface area contributed by atoms with Gasteiger partial charge in [0.2, 0.25) is 0 Å². The second kappa shape index (κ2) is 2.76. The van der Waals surface area contributed by atoms with Crippen molar-refractivity contribution in [1.82, 2.24) is 19.6 Å². The molecule has 0 spiro atoms. The number of aryl methyl sites for hydroxylation is 2. The second-order valence-electron chi connectivity index (χ2n) is 2.96. The van der Waals surface area contributed by atoms with Gasteiger partial charge >= 0.3 is 5.97 Å². The summed E-state index contributed by atoms with van der Waals surface area (Å²) in [5.74, 6) is -0.212. The molecule has 0 radical (unpaired) electrons. The highest BCUT2D eigenvalue weighted by molar-refractivity contribution is 5.86. The maximum absolute atomic E-state index is 10.9. The molecule has 0 saturated carbocycles. The van der Waals surface area contributed by atoms with E-state index in [1.807, 2.05) is 0 Å². The molecule has 2 heterocycles. The van der Waals surface area contributed by atoms with Crippen molar-refractivity contribution in [1.29, 1.82) is 0 Å². The highest BCUT2D eigenvalue weighted by Crippen LogP contribution is 2.05. The monoisotopic (exact) mass is 192 g/mol. The van der Waals surface area contributed by atoms with Crippen LogP contribution in [0.25, 0.3) is 5.78 Å². The third-order valence-corrected chi connectivity index (χ3v) is 1.77. The van der Waals surface area contributed by atoms with Gasteiger partial charge in [0.1, 0.15) is 5.82 Å². The second-order valence-corrected chi connectivity index (χ2v) is 2.96. The molecule has 2 rings (SSSR count). The molecule has 1 N–H and O–H groups in total. The van der Waals surface area contributed by atoms with E-state index in [-0.39, 0.29) is 5.69 Å². The number of hydrogen-bond donors (Lipinski definition) is 1. The van der Waals surface area contributed by atoms with Crippen LogP contribution in [-0.4, -0.2) is 30.7 Å². The van der Waals surface area contributed by atoms with Gasteiger partial charge in [-0.3, -0.25) is 0 Å². The fraction of sp³-hybridized carbons (Fsp3) is 0.250. The minimum absolute atomic E-state index is 0.0769. The zero-order chi connectivity index (χ0) is 10.3. The summed E-state index contributed by atoms with van der Waals surface area (Å²) in [6.45, 7) is 3.41. The molecule has 14 heavy (non-hydrogen) atoms. The van der Waals surface area contributed by atoms with Crippen LogP contribution in [0, 0.1) is 13.8 Å². The molecule has 0 atom stereocenters. The summed E-state index contributed by atoms with van der Waals surface area (Å²) in [4.78, 5) is 18.9. The third kappa shape index (κ3) is 1.20. The quantitative estimate of drug-likeness (QED) is 0.709. The van der Waals surface area contributed by atoms with E-state index in [0.717, 1.165) is 0 Å². The molecular formula is C8H8N4O2. The first-order valence-electron chi connectivity index (χ1n) is 4.02. The van der Waals surface area contributed by atoms with Crippen molar-refractivity contribution in [2.75, 3.05) is 0 Å². The van der Waals surface area contributed by atoms with Crippen LogP contribution in [0.3, 0.4) is 0 Å². The van der Waals surface area contributed by atoms with Crippen LogP contribution in [0.5, 0.6) is 0 Å². The molecule has 0 aliphatic carbocycles. The first kappa shape index (κ1) is 8.61. The van der Waals surface area contributed by atoms with Crippen molar-refractivity contribution in [3.63, 3.8) is 0 Å². The molecule has 0 amide bonds. The van der Waals surface area contributed by atoms with Crippen molar-refractivity contribution >= 4 is 11.7 Å². The molecule has 2 aromatic heterocycles. The molecule has 0 bridgehead atoms. The van der Waals surface area contributed by atoms with Crippen LogP contribution in [0.2, 0.25) is 0 Å². The van der Waals surface area contributed by atoms with E-state index in [4.69, 9.17) is 5.11 Å². The van der Waals surface area contributed by atoms with Crippen LogP contribution < -0.4 is 0 Å². The molecule has 0 saturated heterocycles. The van der Waals surface area contributed by atoms with Gasteiger partial charge in [-0.1, -0.05) is 0 Å². The highest BCUT2D eigenvalue weighted by atomic mass is 16.4. The van der Waals surface area contributed by atoms with Gasteiger partial charge in [-0.15, -0.1) is 5.10 Å². The lowest BCUT2D eigenvalue weighted by Gasteiger charge is -1.98. The van der Waals surface area contributed by atoms with Crippen LogP contribution >= 0.6 is 0 Å². The van der Waals surface area contributed by atoms with E-state index in [2.05, 4.69) is 15.1 Å². The number of carboxylic acid groups (broad SMARTS) is 1. The number of hydrogen-bond acceptors (Lipinski definition) is 4. The number of fused-ring (bicyclic) bond motifs is 1. The van der Waals surface area contributed by atoms with Crippen molar-refractivity contribution in [2.24, 2.45) is 0 Å². The molecule has 6 nitrogen and oxygen atoms in total. The molecule has 0 fully saturated rings. The lowest BCUT2D eigenvalue weighted by Crippen LogP contribution is -2.08. The predicted molar refractivity (Wildman–Crippen MR) is 47.2 cm³/mol. The lowest BCUT2D eigenvalue weighted by atomic mass is 10.3. The first-order chi connectivity index (χ1) is 6.58. The Morgan fingerprint density at radius 3 is 2.79 bits per heavy atom. The average Bonchev–Trinajstić information content (AvgIpc) is 2.42. The fourth-order valence-electron chi connectivity index (χ4n) is 1.24. The van der Waals surface area contributed by atoms with E-state index in [1.165, 1.54) is 10.6 Å². The smallest absolute Gasteiger partial charge is 0.354 e. The number of nitrogens with zero attached hydrogens (tertiary/aromatic N) is 4. The van der Waals surface area contributed by atoms with E-state index in [1.54, 1.807) is 13.8 Å². The number of rotatable bonds is 1. The van der Waals surface area contributed by atoms with Gasteiger partial charge < -0.3 is 5.11 Å². The Morgan fingerprint density at radius 2 is 2.14 bits per heavy atom. The van der Waals surface area contributed by atoms with Crippen LogP contribution in [0.15, 0.2) is 6.07 Å². The minimum atomic E-state index is -1.04. The van der Waals surface area contributed by atoms with Crippen molar-refractivity contribution in [3.8, 4) is 0 Å². The molecule has 0 aromatic carbocycles. The molecule has 0 aliphatic heterocycles. The molecule has 6 heteroatoms. The Labute approximate surface area is 79.2 Å². The summed E-state index contributed by atoms with van der Waals surface area (Å²) in [5.41, 5.74) is 0.690. The molecule has 0 aliphatic rings. The van der Waals surface area contributed by atoms with E-state index in [0.29, 0.717) is 17.3 Å². The summed E-state index contributed by atoms with van der Waals surface area (Å²) in [6, 6.07) is 1.46. The third-order valence-electron chi connectivity index (χ3n) is 1.77. The molecule has 72 valence electrons. The Balaban J connectivity index is 2.85. The largest absolute Gasteiger partial charge is 0.477 e. The number of aromatic carboxylic acids is 1. The Kier molecular flexibility index (Phi) is 1.70.